The van der Waals surface area contributed by atoms with E-state index in [2.05, 4.69) is 15.3 Å². The zero-order chi connectivity index (χ0) is 14.1. The summed E-state index contributed by atoms with van der Waals surface area (Å²) >= 11 is 5.70. The van der Waals surface area contributed by atoms with Gasteiger partial charge in [0.25, 0.3) is 0 Å². The number of aromatic nitrogens is 2. The van der Waals surface area contributed by atoms with Crippen LogP contribution in [0.3, 0.4) is 0 Å². The normalized spacial score (nSPS) is 13.9. The Labute approximate surface area is 121 Å². The van der Waals surface area contributed by atoms with Crippen molar-refractivity contribution in [2.75, 3.05) is 19.0 Å². The van der Waals surface area contributed by atoms with Gasteiger partial charge in [-0.3, -0.25) is 0 Å². The number of benzene rings is 1. The highest BCUT2D eigenvalue weighted by Crippen LogP contribution is 2.27. The second-order valence-electron chi connectivity index (χ2n) is 4.50. The molecule has 0 saturated carbocycles. The van der Waals surface area contributed by atoms with Crippen molar-refractivity contribution < 1.29 is 9.13 Å². The summed E-state index contributed by atoms with van der Waals surface area (Å²) in [6, 6.07) is 4.58. The Balaban J connectivity index is 2.11. The lowest BCUT2D eigenvalue weighted by atomic mass is 10.1. The third-order valence-electron chi connectivity index (χ3n) is 3.24. The number of nitrogens with zero attached hydrogens (tertiary/aromatic N) is 2. The lowest BCUT2D eigenvalue weighted by Crippen LogP contribution is -2.16. The van der Waals surface area contributed by atoms with Gasteiger partial charge < -0.3 is 10.1 Å². The van der Waals surface area contributed by atoms with Gasteiger partial charge in [0.1, 0.15) is 11.6 Å². The van der Waals surface area contributed by atoms with Crippen LogP contribution in [-0.2, 0) is 17.8 Å². The molecule has 4 nitrogen and oxygen atoms in total. The number of fused-ring (bicyclic) bond motifs is 1. The van der Waals surface area contributed by atoms with E-state index in [0.29, 0.717) is 24.6 Å². The molecule has 6 heteroatoms. The lowest BCUT2D eigenvalue weighted by Gasteiger charge is -2.19. The Morgan fingerprint density at radius 2 is 2.20 bits per heavy atom. The van der Waals surface area contributed by atoms with E-state index in [1.54, 1.807) is 13.1 Å². The highest BCUT2D eigenvalue weighted by Gasteiger charge is 2.18. The molecule has 2 aromatic rings. The van der Waals surface area contributed by atoms with Crippen LogP contribution < -0.4 is 5.32 Å². The molecule has 0 aliphatic carbocycles. The Morgan fingerprint density at radius 3 is 2.95 bits per heavy atom. The molecule has 1 aliphatic rings. The Morgan fingerprint density at radius 1 is 1.35 bits per heavy atom. The van der Waals surface area contributed by atoms with Gasteiger partial charge in [-0.05, 0) is 18.2 Å². The minimum Gasteiger partial charge on any atom is -0.376 e. The van der Waals surface area contributed by atoms with Gasteiger partial charge in [-0.1, -0.05) is 11.6 Å². The molecule has 1 aromatic carbocycles. The first kappa shape index (κ1) is 13.3. The lowest BCUT2D eigenvalue weighted by molar-refractivity contribution is 0.109. The molecule has 0 bridgehead atoms. The van der Waals surface area contributed by atoms with Crippen LogP contribution in [0.4, 0.5) is 10.2 Å². The summed E-state index contributed by atoms with van der Waals surface area (Å²) in [5.41, 5.74) is 2.52. The second kappa shape index (κ2) is 5.34. The quantitative estimate of drug-likeness (QED) is 0.924. The highest BCUT2D eigenvalue weighted by molar-refractivity contribution is 6.30. The highest BCUT2D eigenvalue weighted by atomic mass is 35.5. The van der Waals surface area contributed by atoms with Gasteiger partial charge >= 0.3 is 0 Å². The standard InChI is InChI=1S/C14H13ClFN3O/c1-17-14-9-7-20-5-4-12(9)18-13(19-14)8-2-3-10(15)11(16)6-8/h2-3,6H,4-5,7H2,1H3,(H,17,18,19). The van der Waals surface area contributed by atoms with E-state index in [-0.39, 0.29) is 5.02 Å². The first-order chi connectivity index (χ1) is 9.69. The summed E-state index contributed by atoms with van der Waals surface area (Å²) in [5.74, 6) is 0.741. The zero-order valence-corrected chi connectivity index (χ0v) is 11.7. The number of nitrogens with one attached hydrogen (secondary N) is 1. The summed E-state index contributed by atoms with van der Waals surface area (Å²) in [4.78, 5) is 8.96. The smallest absolute Gasteiger partial charge is 0.161 e. The maximum absolute atomic E-state index is 13.6. The molecule has 0 unspecified atom stereocenters. The van der Waals surface area contributed by atoms with Crippen molar-refractivity contribution >= 4 is 17.4 Å². The first-order valence-electron chi connectivity index (χ1n) is 6.29. The van der Waals surface area contributed by atoms with E-state index in [9.17, 15) is 4.39 Å². The minimum atomic E-state index is -0.472. The van der Waals surface area contributed by atoms with Crippen molar-refractivity contribution in [3.63, 3.8) is 0 Å². The van der Waals surface area contributed by atoms with E-state index >= 15 is 0 Å². The molecule has 1 aliphatic heterocycles. The molecule has 0 atom stereocenters. The van der Waals surface area contributed by atoms with Crippen molar-refractivity contribution in [1.82, 2.24) is 9.97 Å². The van der Waals surface area contributed by atoms with E-state index in [1.807, 2.05) is 0 Å². The molecule has 20 heavy (non-hydrogen) atoms. The summed E-state index contributed by atoms with van der Waals surface area (Å²) in [6.07, 6.45) is 0.732. The van der Waals surface area contributed by atoms with Crippen LogP contribution in [0, 0.1) is 5.82 Å². The van der Waals surface area contributed by atoms with Crippen molar-refractivity contribution in [2.24, 2.45) is 0 Å². The van der Waals surface area contributed by atoms with E-state index in [4.69, 9.17) is 16.3 Å². The Hall–Kier alpha value is -1.72. The monoisotopic (exact) mass is 293 g/mol. The van der Waals surface area contributed by atoms with Crippen LogP contribution in [0.15, 0.2) is 18.2 Å². The molecule has 0 amide bonds. The fourth-order valence-corrected chi connectivity index (χ4v) is 2.32. The van der Waals surface area contributed by atoms with Gasteiger partial charge in [-0.25, -0.2) is 14.4 Å². The maximum Gasteiger partial charge on any atom is 0.161 e. The number of ether oxygens (including phenoxy) is 1. The average Bonchev–Trinajstić information content (AvgIpc) is 2.49. The van der Waals surface area contributed by atoms with E-state index in [0.717, 1.165) is 23.5 Å². The molecule has 1 aromatic heterocycles. The predicted molar refractivity (Wildman–Crippen MR) is 75.3 cm³/mol. The molecule has 0 saturated heterocycles. The predicted octanol–water partition coefficient (Wildman–Crippen LogP) is 3.05. The summed E-state index contributed by atoms with van der Waals surface area (Å²) in [7, 11) is 1.80. The van der Waals surface area contributed by atoms with Crippen LogP contribution in [0.25, 0.3) is 11.4 Å². The fourth-order valence-electron chi connectivity index (χ4n) is 2.20. The van der Waals surface area contributed by atoms with Gasteiger partial charge in [-0.2, -0.15) is 0 Å². The van der Waals surface area contributed by atoms with Crippen LogP contribution in [0.1, 0.15) is 11.3 Å². The summed E-state index contributed by atoms with van der Waals surface area (Å²) < 4.78 is 19.0. The summed E-state index contributed by atoms with van der Waals surface area (Å²) in [5, 5.41) is 3.13. The maximum atomic E-state index is 13.6. The Kier molecular flexibility index (Phi) is 3.54. The second-order valence-corrected chi connectivity index (χ2v) is 4.91. The Bertz CT molecular complexity index is 646. The van der Waals surface area contributed by atoms with Crippen LogP contribution >= 0.6 is 11.6 Å². The molecular weight excluding hydrogens is 281 g/mol. The van der Waals surface area contributed by atoms with Gasteiger partial charge in [0.2, 0.25) is 0 Å². The SMILES string of the molecule is CNc1nc(-c2ccc(Cl)c(F)c2)nc2c1COCC2. The van der Waals surface area contributed by atoms with E-state index < -0.39 is 5.82 Å². The molecule has 1 N–H and O–H groups in total. The number of hydrogen-bond donors (Lipinski definition) is 1. The number of halogens is 2. The largest absolute Gasteiger partial charge is 0.376 e. The third kappa shape index (κ3) is 2.34. The summed E-state index contributed by atoms with van der Waals surface area (Å²) in [6.45, 7) is 1.14. The van der Waals surface area contributed by atoms with Crippen molar-refractivity contribution in [2.45, 2.75) is 13.0 Å². The molecule has 0 spiro atoms. The van der Waals surface area contributed by atoms with Crippen molar-refractivity contribution in [3.8, 4) is 11.4 Å². The number of rotatable bonds is 2. The van der Waals surface area contributed by atoms with Crippen molar-refractivity contribution in [3.05, 3.63) is 40.3 Å². The topological polar surface area (TPSA) is 47.0 Å². The third-order valence-corrected chi connectivity index (χ3v) is 3.54. The minimum absolute atomic E-state index is 0.0916. The van der Waals surface area contributed by atoms with Crippen LogP contribution in [0.5, 0.6) is 0 Å². The molecule has 0 fully saturated rings. The number of hydrogen-bond acceptors (Lipinski definition) is 4. The van der Waals surface area contributed by atoms with Crippen LogP contribution in [0.2, 0.25) is 5.02 Å². The molecule has 0 radical (unpaired) electrons. The van der Waals surface area contributed by atoms with Gasteiger partial charge in [0.15, 0.2) is 5.82 Å². The molecule has 104 valence electrons. The van der Waals surface area contributed by atoms with Gasteiger partial charge in [-0.15, -0.1) is 0 Å². The molecule has 2 heterocycles. The molecular formula is C14H13ClFN3O. The molecule has 3 rings (SSSR count). The van der Waals surface area contributed by atoms with E-state index in [1.165, 1.54) is 12.1 Å². The first-order valence-corrected chi connectivity index (χ1v) is 6.67. The fraction of sp³-hybridized carbons (Fsp3) is 0.286. The zero-order valence-electron chi connectivity index (χ0n) is 10.9. The van der Waals surface area contributed by atoms with Crippen LogP contribution in [-0.4, -0.2) is 23.6 Å². The average molecular weight is 294 g/mol. The number of anilines is 1. The van der Waals surface area contributed by atoms with Gasteiger partial charge in [0.05, 0.1) is 23.9 Å². The van der Waals surface area contributed by atoms with Crippen molar-refractivity contribution in [1.29, 1.82) is 0 Å². The van der Waals surface area contributed by atoms with Gasteiger partial charge in [0, 0.05) is 24.6 Å².